The number of aliphatic hydroxyl groups excluding tert-OH is 1. The molecule has 1 fully saturated rings. The Bertz CT molecular complexity index is 1670. The average molecular weight is 817 g/mol. The van der Waals surface area contributed by atoms with Crippen LogP contribution in [0.3, 0.4) is 0 Å². The number of aliphatic hydroxyl groups is 1. The smallest absolute Gasteiger partial charge is 0.459 e. The zero-order valence-electron chi connectivity index (χ0n) is 34.6. The molecule has 2 N–H and O–H groups in total. The van der Waals surface area contributed by atoms with Gasteiger partial charge in [0.2, 0.25) is 0 Å². The standard InChI is InChI=1S/C41H65N6O9P/c1-6-7-8-9-10-11-12-13-14-15-16-17-18-19-21-24-34(48)29-33-27-28-47(40(51)43-33)39-41(5,45-46-42)37(49)36(55-39)30-53-57(52,56-35-25-22-20-23-26-35)44-32(4)38(50)54-31(2)3/h20,22-23,25-28,31-32,36-37,39,49H,6-19,21,24,29-30H2,1-5H3,(H,44,52)/t32-,36+,37+,39+,41+,57?/m0/s1. The molecule has 1 saturated heterocycles. The van der Waals surface area contributed by atoms with Gasteiger partial charge >= 0.3 is 19.4 Å². The van der Waals surface area contributed by atoms with Crippen molar-refractivity contribution in [3.8, 4) is 5.75 Å². The van der Waals surface area contributed by atoms with Gasteiger partial charge in [-0.3, -0.25) is 18.7 Å². The highest BCUT2D eigenvalue weighted by molar-refractivity contribution is 7.52. The summed E-state index contributed by atoms with van der Waals surface area (Å²) in [6.07, 6.45) is 15.8. The van der Waals surface area contributed by atoms with Crippen molar-refractivity contribution in [2.75, 3.05) is 6.61 Å². The number of esters is 1. The van der Waals surface area contributed by atoms with Gasteiger partial charge < -0.3 is 19.1 Å². The van der Waals surface area contributed by atoms with Gasteiger partial charge in [-0.1, -0.05) is 120 Å². The molecule has 1 aromatic heterocycles. The second-order valence-corrected chi connectivity index (χ2v) is 17.1. The van der Waals surface area contributed by atoms with E-state index in [9.17, 15) is 29.6 Å². The summed E-state index contributed by atoms with van der Waals surface area (Å²) < 4.78 is 37.7. The number of unbranched alkanes of at least 4 members (excludes halogenated alkanes) is 14. The lowest BCUT2D eigenvalue weighted by Gasteiger charge is -2.28. The summed E-state index contributed by atoms with van der Waals surface area (Å²) in [6.45, 7) is 7.87. The number of ether oxygens (including phenoxy) is 2. The molecule has 1 unspecified atom stereocenters. The lowest BCUT2D eigenvalue weighted by atomic mass is 9.93. The minimum absolute atomic E-state index is 0.000251. The highest BCUT2D eigenvalue weighted by Gasteiger charge is 2.55. The van der Waals surface area contributed by atoms with E-state index in [0.717, 1.165) is 23.8 Å². The van der Waals surface area contributed by atoms with Crippen molar-refractivity contribution in [3.63, 3.8) is 0 Å². The van der Waals surface area contributed by atoms with Gasteiger partial charge in [0.25, 0.3) is 0 Å². The molecule has 318 valence electrons. The molecule has 0 spiro atoms. The van der Waals surface area contributed by atoms with Crippen molar-refractivity contribution in [3.05, 3.63) is 69.2 Å². The summed E-state index contributed by atoms with van der Waals surface area (Å²) in [7, 11) is -4.34. The molecule has 57 heavy (non-hydrogen) atoms. The maximum absolute atomic E-state index is 14.0. The van der Waals surface area contributed by atoms with Gasteiger partial charge in [0.15, 0.2) is 6.23 Å². The molecule has 0 saturated carbocycles. The number of hydrogen-bond acceptors (Lipinski definition) is 11. The Kier molecular flexibility index (Phi) is 21.0. The van der Waals surface area contributed by atoms with Gasteiger partial charge in [0.05, 0.1) is 24.5 Å². The van der Waals surface area contributed by atoms with Gasteiger partial charge in [0, 0.05) is 24.0 Å². The number of nitrogens with zero attached hydrogens (tertiary/aromatic N) is 5. The van der Waals surface area contributed by atoms with E-state index in [1.807, 2.05) is 0 Å². The Balaban J connectivity index is 1.52. The molecule has 2 aromatic rings. The van der Waals surface area contributed by atoms with Gasteiger partial charge in [-0.2, -0.15) is 10.1 Å². The highest BCUT2D eigenvalue weighted by atomic mass is 31.2. The van der Waals surface area contributed by atoms with E-state index in [0.29, 0.717) is 12.1 Å². The third kappa shape index (κ3) is 16.3. The van der Waals surface area contributed by atoms with Crippen LogP contribution in [0.15, 0.2) is 52.5 Å². The number of carbonyl (C=O) groups excluding carboxylic acids is 2. The third-order valence-electron chi connectivity index (χ3n) is 10.0. The summed E-state index contributed by atoms with van der Waals surface area (Å²) in [6, 6.07) is 8.54. The zero-order chi connectivity index (χ0) is 41.7. The molecule has 1 aliphatic rings. The number of Topliss-reactive ketones (excluding diaryl/α,β-unsaturated/α-hetero) is 1. The van der Waals surface area contributed by atoms with Crippen molar-refractivity contribution in [1.82, 2.24) is 14.6 Å². The third-order valence-corrected chi connectivity index (χ3v) is 11.7. The maximum atomic E-state index is 14.0. The number of para-hydroxylation sites is 1. The molecule has 2 heterocycles. The summed E-state index contributed by atoms with van der Waals surface area (Å²) >= 11 is 0. The average Bonchev–Trinajstić information content (AvgIpc) is 3.40. The van der Waals surface area contributed by atoms with Crippen molar-refractivity contribution >= 4 is 19.5 Å². The molecule has 0 aliphatic carbocycles. The Labute approximate surface area is 337 Å². The first-order valence-corrected chi connectivity index (χ1v) is 22.3. The number of aromatic nitrogens is 2. The summed E-state index contributed by atoms with van der Waals surface area (Å²) in [5.41, 5.74) is 7.20. The van der Waals surface area contributed by atoms with Crippen LogP contribution >= 0.6 is 7.75 Å². The zero-order valence-corrected chi connectivity index (χ0v) is 35.4. The number of nitrogens with one attached hydrogen (secondary N) is 1. The summed E-state index contributed by atoms with van der Waals surface area (Å²) in [5.74, 6) is -0.533. The van der Waals surface area contributed by atoms with E-state index in [4.69, 9.17) is 18.5 Å². The van der Waals surface area contributed by atoms with Crippen LogP contribution in [0.1, 0.15) is 149 Å². The van der Waals surface area contributed by atoms with E-state index < -0.39 is 62.1 Å². The first-order valence-electron chi connectivity index (χ1n) is 20.8. The monoisotopic (exact) mass is 816 g/mol. The van der Waals surface area contributed by atoms with Crippen LogP contribution in [-0.4, -0.2) is 62.9 Å². The van der Waals surface area contributed by atoms with E-state index >= 15 is 0 Å². The van der Waals surface area contributed by atoms with Crippen LogP contribution in [0, 0.1) is 0 Å². The first kappa shape index (κ1) is 47.8. The van der Waals surface area contributed by atoms with Crippen LogP contribution in [0.4, 0.5) is 0 Å². The molecule has 1 aromatic carbocycles. The fourth-order valence-corrected chi connectivity index (χ4v) is 8.30. The van der Waals surface area contributed by atoms with Crippen LogP contribution in [-0.2, 0) is 34.6 Å². The second kappa shape index (κ2) is 25.0. The molecular weight excluding hydrogens is 751 g/mol. The number of hydrogen-bond donors (Lipinski definition) is 2. The van der Waals surface area contributed by atoms with Crippen LogP contribution in [0.2, 0.25) is 0 Å². The molecule has 16 heteroatoms. The summed E-state index contributed by atoms with van der Waals surface area (Å²) in [4.78, 5) is 45.6. The number of rotatable bonds is 29. The Morgan fingerprint density at radius 3 is 2.11 bits per heavy atom. The van der Waals surface area contributed by atoms with E-state index in [1.165, 1.54) is 103 Å². The Hall–Kier alpha value is -3.58. The van der Waals surface area contributed by atoms with Crippen molar-refractivity contribution in [1.29, 1.82) is 0 Å². The van der Waals surface area contributed by atoms with Crippen LogP contribution < -0.4 is 15.3 Å². The minimum atomic E-state index is -4.34. The molecule has 0 bridgehead atoms. The van der Waals surface area contributed by atoms with Gasteiger partial charge in [-0.05, 0) is 57.8 Å². The van der Waals surface area contributed by atoms with Crippen LogP contribution in [0.25, 0.3) is 10.4 Å². The largest absolute Gasteiger partial charge is 0.462 e. The van der Waals surface area contributed by atoms with E-state index in [-0.39, 0.29) is 18.0 Å². The van der Waals surface area contributed by atoms with Crippen molar-refractivity contribution in [2.24, 2.45) is 5.11 Å². The molecule has 0 radical (unpaired) electrons. The van der Waals surface area contributed by atoms with Gasteiger partial charge in [-0.15, -0.1) is 0 Å². The van der Waals surface area contributed by atoms with Crippen molar-refractivity contribution in [2.45, 2.75) is 180 Å². The van der Waals surface area contributed by atoms with Gasteiger partial charge in [0.1, 0.15) is 29.2 Å². The Morgan fingerprint density at radius 2 is 1.56 bits per heavy atom. The van der Waals surface area contributed by atoms with Gasteiger partial charge in [-0.25, -0.2) is 9.36 Å². The first-order chi connectivity index (χ1) is 27.3. The van der Waals surface area contributed by atoms with Crippen LogP contribution in [0.5, 0.6) is 5.75 Å². The van der Waals surface area contributed by atoms with E-state index in [1.54, 1.807) is 44.2 Å². The SMILES string of the molecule is CCCCCCCCCCCCCCCCCC(=O)Cc1ccn([C@@H]2O[C@H](COP(=O)(N[C@@H](C)C(=O)OC(C)C)Oc3ccccc3)[C@@H](O)[C@@]2(C)N=[N+]=[N-])c(=O)n1. The molecule has 3 rings (SSSR count). The number of ketones is 1. The second-order valence-electron chi connectivity index (χ2n) is 15.4. The molecular formula is C41H65N6O9P. The quantitative estimate of drug-likeness (QED) is 0.0198. The lowest BCUT2D eigenvalue weighted by Crippen LogP contribution is -2.45. The minimum Gasteiger partial charge on any atom is -0.462 e. The number of benzene rings is 1. The fourth-order valence-electron chi connectivity index (χ4n) is 6.80. The molecule has 1 aliphatic heterocycles. The fraction of sp³-hybridized carbons (Fsp3) is 0.707. The highest BCUT2D eigenvalue weighted by Crippen LogP contribution is 2.47. The van der Waals surface area contributed by atoms with E-state index in [2.05, 4.69) is 27.0 Å². The lowest BCUT2D eigenvalue weighted by molar-refractivity contribution is -0.149. The normalized spacial score (nSPS) is 20.8. The Morgan fingerprint density at radius 1 is 0.982 bits per heavy atom. The summed E-state index contributed by atoms with van der Waals surface area (Å²) in [5, 5.41) is 17.7. The molecule has 6 atom stereocenters. The number of azide groups is 1. The predicted octanol–water partition coefficient (Wildman–Crippen LogP) is 9.08. The van der Waals surface area contributed by atoms with Crippen molar-refractivity contribution < 1.29 is 37.8 Å². The topological polar surface area (TPSA) is 204 Å². The predicted molar refractivity (Wildman–Crippen MR) is 219 cm³/mol. The maximum Gasteiger partial charge on any atom is 0.459 e. The molecule has 0 amide bonds. The number of carbonyl (C=O) groups is 2. The molecule has 15 nitrogen and oxygen atoms in total.